The Bertz CT molecular complexity index is 807. The van der Waals surface area contributed by atoms with E-state index >= 15 is 0 Å². The summed E-state index contributed by atoms with van der Waals surface area (Å²) in [5, 5.41) is 8.73. The van der Waals surface area contributed by atoms with Gasteiger partial charge in [0, 0.05) is 36.8 Å². The molecule has 1 aliphatic heterocycles. The molecule has 3 rings (SSSR count). The lowest BCUT2D eigenvalue weighted by molar-refractivity contribution is -0.0464. The Morgan fingerprint density at radius 2 is 1.93 bits per heavy atom. The van der Waals surface area contributed by atoms with E-state index in [0.29, 0.717) is 42.6 Å². The van der Waals surface area contributed by atoms with Crippen LogP contribution in [0.1, 0.15) is 19.5 Å². The molecule has 1 heterocycles. The van der Waals surface area contributed by atoms with Gasteiger partial charge in [0.25, 0.3) is 5.92 Å². The zero-order valence-electron chi connectivity index (χ0n) is 15.0. The number of para-hydroxylation sites is 1. The lowest BCUT2D eigenvalue weighted by atomic mass is 10.1. The molecule has 6 nitrogen and oxygen atoms in total. The van der Waals surface area contributed by atoms with Crippen molar-refractivity contribution in [1.82, 2.24) is 5.12 Å². The van der Waals surface area contributed by atoms with Crippen LogP contribution in [0.25, 0.3) is 0 Å². The monoisotopic (exact) mass is 377 g/mol. The molecule has 0 radical (unpaired) electrons. The summed E-state index contributed by atoms with van der Waals surface area (Å²) >= 11 is 0. The fraction of sp³-hybridized carbons (Fsp3) is 0.316. The number of anilines is 2. The summed E-state index contributed by atoms with van der Waals surface area (Å²) in [7, 11) is 0. The van der Waals surface area contributed by atoms with Crippen molar-refractivity contribution in [3.63, 3.8) is 0 Å². The van der Waals surface area contributed by atoms with Gasteiger partial charge in [-0.05, 0) is 24.3 Å². The van der Waals surface area contributed by atoms with Crippen molar-refractivity contribution in [2.75, 3.05) is 25.1 Å². The number of alkyl halides is 2. The molecular formula is C19H25F2N5O. The quantitative estimate of drug-likeness (QED) is 0.298. The first-order chi connectivity index (χ1) is 12.8. The number of hydrogen-bond donors (Lipinski definition) is 3. The second kappa shape index (κ2) is 7.89. The lowest BCUT2D eigenvalue weighted by Crippen LogP contribution is -2.41. The van der Waals surface area contributed by atoms with Gasteiger partial charge in [0.05, 0.1) is 19.8 Å². The van der Waals surface area contributed by atoms with Crippen molar-refractivity contribution in [1.29, 1.82) is 0 Å². The average Bonchev–Trinajstić information content (AvgIpc) is 2.58. The van der Waals surface area contributed by atoms with Gasteiger partial charge in [0.2, 0.25) is 0 Å². The maximum absolute atomic E-state index is 13.3. The Kier molecular flexibility index (Phi) is 5.57. The van der Waals surface area contributed by atoms with Crippen LogP contribution in [-0.4, -0.2) is 30.7 Å². The smallest absolute Gasteiger partial charge is 0.270 e. The predicted octanol–water partition coefficient (Wildman–Crippen LogP) is 3.23. The minimum atomic E-state index is -2.87. The standard InChI is InChI=1S/C19H23F2N5O.H2/c1-19(20,21)14-6-8-15(9-7-14)24-17-5-3-2-4-16(17)18(22)25-26(23)10-13-11-27-12-13;/h2-9,13,24H,10-12,23H2,1H3,(H2,22,25);1H. The number of nitrogens with zero attached hydrogens (tertiary/aromatic N) is 2. The van der Waals surface area contributed by atoms with Crippen LogP contribution in [0.2, 0.25) is 0 Å². The highest BCUT2D eigenvalue weighted by Gasteiger charge is 2.23. The summed E-state index contributed by atoms with van der Waals surface area (Å²) in [5.74, 6) is 3.65. The summed E-state index contributed by atoms with van der Waals surface area (Å²) in [4.78, 5) is 0. The molecule has 0 bridgehead atoms. The number of halogens is 2. The molecule has 27 heavy (non-hydrogen) atoms. The van der Waals surface area contributed by atoms with Crippen LogP contribution in [-0.2, 0) is 10.7 Å². The maximum Gasteiger partial charge on any atom is 0.270 e. The number of hydrazone groups is 1. The molecule has 0 amide bonds. The van der Waals surface area contributed by atoms with Crippen LogP contribution in [0.3, 0.4) is 0 Å². The SMILES string of the molecule is CC(F)(F)c1ccc(Nc2ccccc2/C(N)=N/N(N)CC2COC2)cc1.[HH]. The topological polar surface area (TPSA) is 88.9 Å². The first kappa shape index (κ1) is 19.1. The summed E-state index contributed by atoms with van der Waals surface area (Å²) in [6.45, 7) is 2.78. The van der Waals surface area contributed by atoms with Gasteiger partial charge < -0.3 is 15.8 Å². The Hall–Kier alpha value is -2.71. The van der Waals surface area contributed by atoms with E-state index in [1.54, 1.807) is 12.1 Å². The third-order valence-electron chi connectivity index (χ3n) is 4.26. The molecule has 1 fully saturated rings. The average molecular weight is 377 g/mol. The third kappa shape index (κ3) is 4.93. The van der Waals surface area contributed by atoms with Gasteiger partial charge in [-0.15, -0.1) is 5.10 Å². The van der Waals surface area contributed by atoms with E-state index < -0.39 is 5.92 Å². The molecule has 8 heteroatoms. The van der Waals surface area contributed by atoms with E-state index in [-0.39, 0.29) is 12.8 Å². The number of rotatable bonds is 7. The van der Waals surface area contributed by atoms with E-state index in [9.17, 15) is 8.78 Å². The first-order valence-electron chi connectivity index (χ1n) is 8.62. The zero-order valence-corrected chi connectivity index (χ0v) is 15.0. The van der Waals surface area contributed by atoms with Gasteiger partial charge in [-0.3, -0.25) is 0 Å². The Morgan fingerprint density at radius 3 is 2.52 bits per heavy atom. The Balaban J connectivity index is 0.00000280. The lowest BCUT2D eigenvalue weighted by Gasteiger charge is -2.28. The molecule has 0 atom stereocenters. The van der Waals surface area contributed by atoms with Gasteiger partial charge in [-0.2, -0.15) is 0 Å². The van der Waals surface area contributed by atoms with Crippen LogP contribution in [0.15, 0.2) is 53.6 Å². The second-order valence-corrected chi connectivity index (χ2v) is 6.65. The van der Waals surface area contributed by atoms with Crippen molar-refractivity contribution in [3.8, 4) is 0 Å². The molecule has 1 aliphatic rings. The number of hydrogen-bond acceptors (Lipinski definition) is 5. The van der Waals surface area contributed by atoms with Crippen molar-refractivity contribution in [3.05, 3.63) is 59.7 Å². The summed E-state index contributed by atoms with van der Waals surface area (Å²) < 4.78 is 31.8. The summed E-state index contributed by atoms with van der Waals surface area (Å²) in [6, 6.07) is 13.3. The molecule has 2 aromatic carbocycles. The van der Waals surface area contributed by atoms with Gasteiger partial charge in [-0.25, -0.2) is 19.7 Å². The van der Waals surface area contributed by atoms with Gasteiger partial charge in [0.15, 0.2) is 5.84 Å². The fourth-order valence-corrected chi connectivity index (χ4v) is 2.70. The highest BCUT2D eigenvalue weighted by molar-refractivity contribution is 6.02. The van der Waals surface area contributed by atoms with Crippen molar-refractivity contribution >= 4 is 17.2 Å². The highest BCUT2D eigenvalue weighted by Crippen LogP contribution is 2.29. The van der Waals surface area contributed by atoms with Crippen molar-refractivity contribution < 1.29 is 14.9 Å². The van der Waals surface area contributed by atoms with Crippen LogP contribution in [0.4, 0.5) is 20.2 Å². The van der Waals surface area contributed by atoms with Gasteiger partial charge in [-0.1, -0.05) is 24.3 Å². The van der Waals surface area contributed by atoms with Crippen molar-refractivity contribution in [2.24, 2.45) is 22.6 Å². The molecule has 146 valence electrons. The highest BCUT2D eigenvalue weighted by atomic mass is 19.3. The van der Waals surface area contributed by atoms with Crippen LogP contribution < -0.4 is 16.9 Å². The normalized spacial score (nSPS) is 15.3. The Labute approximate surface area is 158 Å². The molecule has 1 saturated heterocycles. The molecular weight excluding hydrogens is 352 g/mol. The summed E-state index contributed by atoms with van der Waals surface area (Å²) in [6.07, 6.45) is 0. The molecule has 0 saturated carbocycles. The number of amidine groups is 1. The largest absolute Gasteiger partial charge is 0.382 e. The molecule has 0 unspecified atom stereocenters. The first-order valence-corrected chi connectivity index (χ1v) is 8.62. The van der Waals surface area contributed by atoms with E-state index in [4.69, 9.17) is 16.3 Å². The van der Waals surface area contributed by atoms with Gasteiger partial charge in [0.1, 0.15) is 0 Å². The zero-order chi connectivity index (χ0) is 19.4. The minimum absolute atomic E-state index is 0. The molecule has 0 aliphatic carbocycles. The number of hydrazine groups is 1. The second-order valence-electron chi connectivity index (χ2n) is 6.65. The van der Waals surface area contributed by atoms with Crippen molar-refractivity contribution in [2.45, 2.75) is 12.8 Å². The molecule has 5 N–H and O–H groups in total. The maximum atomic E-state index is 13.3. The van der Waals surface area contributed by atoms with E-state index in [1.165, 1.54) is 17.3 Å². The predicted molar refractivity (Wildman–Crippen MR) is 104 cm³/mol. The van der Waals surface area contributed by atoms with Crippen LogP contribution >= 0.6 is 0 Å². The summed E-state index contributed by atoms with van der Waals surface area (Å²) in [5.41, 5.74) is 8.12. The number of benzene rings is 2. The van der Waals surface area contributed by atoms with E-state index in [2.05, 4.69) is 10.4 Å². The van der Waals surface area contributed by atoms with E-state index in [1.807, 2.05) is 24.3 Å². The van der Waals surface area contributed by atoms with Crippen LogP contribution in [0.5, 0.6) is 0 Å². The number of nitrogens with one attached hydrogen (secondary N) is 1. The number of ether oxygens (including phenoxy) is 1. The number of nitrogens with two attached hydrogens (primary N) is 2. The third-order valence-corrected chi connectivity index (χ3v) is 4.26. The van der Waals surface area contributed by atoms with Crippen LogP contribution in [0, 0.1) is 5.92 Å². The Morgan fingerprint density at radius 1 is 1.26 bits per heavy atom. The van der Waals surface area contributed by atoms with E-state index in [0.717, 1.165) is 6.92 Å². The van der Waals surface area contributed by atoms with Gasteiger partial charge >= 0.3 is 0 Å². The molecule has 2 aromatic rings. The molecule has 0 spiro atoms. The molecule has 0 aromatic heterocycles. The fourth-order valence-electron chi connectivity index (χ4n) is 2.70. The minimum Gasteiger partial charge on any atom is -0.382 e.